The van der Waals surface area contributed by atoms with Gasteiger partial charge in [-0.2, -0.15) is 0 Å². The van der Waals surface area contributed by atoms with E-state index in [9.17, 15) is 0 Å². The molecule has 0 radical (unpaired) electrons. The molecule has 3 rings (SSSR count). The van der Waals surface area contributed by atoms with Crippen LogP contribution in [0.5, 0.6) is 0 Å². The van der Waals surface area contributed by atoms with Crippen molar-refractivity contribution in [3.05, 3.63) is 58.9 Å². The van der Waals surface area contributed by atoms with Crippen molar-refractivity contribution in [1.82, 2.24) is 9.55 Å². The van der Waals surface area contributed by atoms with E-state index in [1.54, 1.807) is 0 Å². The van der Waals surface area contributed by atoms with Crippen LogP contribution in [0.4, 0.5) is 0 Å². The number of nitrogens with zero attached hydrogens (tertiary/aromatic N) is 2. The minimum Gasteiger partial charge on any atom is -0.296 e. The number of para-hydroxylation sites is 2. The van der Waals surface area contributed by atoms with Crippen molar-refractivity contribution in [1.29, 1.82) is 0 Å². The predicted molar refractivity (Wildman–Crippen MR) is 89.9 cm³/mol. The number of halogens is 2. The Bertz CT molecular complexity index is 778. The van der Waals surface area contributed by atoms with Crippen LogP contribution in [0.2, 0.25) is 5.02 Å². The molecule has 0 fully saturated rings. The van der Waals surface area contributed by atoms with Crippen LogP contribution in [-0.4, -0.2) is 15.4 Å². The van der Waals surface area contributed by atoms with E-state index in [-0.39, 0.29) is 0 Å². The van der Waals surface area contributed by atoms with Gasteiger partial charge in [0.15, 0.2) is 0 Å². The minimum atomic E-state index is 0.537. The number of aromatic nitrogens is 2. The molecule has 0 amide bonds. The average Bonchev–Trinajstić information content (AvgIpc) is 2.87. The third kappa shape index (κ3) is 2.54. The fraction of sp³-hybridized carbons (Fsp3) is 0.235. The van der Waals surface area contributed by atoms with Crippen LogP contribution in [0, 0.1) is 0 Å². The Morgan fingerprint density at radius 3 is 2.67 bits per heavy atom. The van der Waals surface area contributed by atoms with Gasteiger partial charge in [-0.15, -0.1) is 11.6 Å². The van der Waals surface area contributed by atoms with Gasteiger partial charge in [-0.1, -0.05) is 42.8 Å². The van der Waals surface area contributed by atoms with Gasteiger partial charge in [-0.05, 0) is 30.2 Å². The first-order chi connectivity index (χ1) is 10.3. The lowest BCUT2D eigenvalue weighted by molar-refractivity contribution is 0.899. The maximum Gasteiger partial charge on any atom is 0.115 e. The molecule has 0 atom stereocenters. The van der Waals surface area contributed by atoms with Crippen molar-refractivity contribution >= 4 is 34.2 Å². The van der Waals surface area contributed by atoms with Crippen molar-refractivity contribution in [2.45, 2.75) is 19.8 Å². The Labute approximate surface area is 134 Å². The van der Waals surface area contributed by atoms with E-state index < -0.39 is 0 Å². The summed E-state index contributed by atoms with van der Waals surface area (Å²) in [7, 11) is 0. The summed E-state index contributed by atoms with van der Waals surface area (Å²) in [6.45, 7) is 2.16. The Hall–Kier alpha value is -1.51. The highest BCUT2D eigenvalue weighted by Gasteiger charge is 2.15. The molecule has 0 aliphatic heterocycles. The van der Waals surface area contributed by atoms with Crippen LogP contribution in [0.15, 0.2) is 42.5 Å². The lowest BCUT2D eigenvalue weighted by Gasteiger charge is -2.13. The van der Waals surface area contributed by atoms with Crippen molar-refractivity contribution < 1.29 is 0 Å². The molecular weight excluding hydrogens is 303 g/mol. The smallest absolute Gasteiger partial charge is 0.115 e. The number of fused-ring (bicyclic) bond motifs is 1. The number of benzene rings is 2. The molecule has 21 heavy (non-hydrogen) atoms. The van der Waals surface area contributed by atoms with Gasteiger partial charge in [0.25, 0.3) is 0 Å². The van der Waals surface area contributed by atoms with Crippen LogP contribution in [0.1, 0.15) is 18.3 Å². The van der Waals surface area contributed by atoms with Crippen molar-refractivity contribution in [2.24, 2.45) is 0 Å². The molecule has 3 aromatic rings. The van der Waals surface area contributed by atoms with Gasteiger partial charge < -0.3 is 0 Å². The maximum atomic E-state index is 6.29. The third-order valence-electron chi connectivity index (χ3n) is 3.64. The van der Waals surface area contributed by atoms with Crippen LogP contribution in [0.3, 0.4) is 0 Å². The molecule has 0 aliphatic rings. The molecular formula is C17H16Cl2N2. The van der Waals surface area contributed by atoms with E-state index in [0.29, 0.717) is 17.3 Å². The van der Waals surface area contributed by atoms with Crippen LogP contribution >= 0.6 is 23.2 Å². The highest BCUT2D eigenvalue weighted by Crippen LogP contribution is 2.28. The Morgan fingerprint density at radius 2 is 1.90 bits per heavy atom. The zero-order valence-electron chi connectivity index (χ0n) is 11.8. The van der Waals surface area contributed by atoms with E-state index in [4.69, 9.17) is 28.2 Å². The van der Waals surface area contributed by atoms with Crippen LogP contribution in [0.25, 0.3) is 16.7 Å². The zero-order chi connectivity index (χ0) is 14.8. The molecule has 0 bridgehead atoms. The third-order valence-corrected chi connectivity index (χ3v) is 4.13. The summed E-state index contributed by atoms with van der Waals surface area (Å²) in [6.07, 6.45) is 1.68. The summed E-state index contributed by atoms with van der Waals surface area (Å²) >= 11 is 12.2. The fourth-order valence-corrected chi connectivity index (χ4v) is 3.04. The lowest BCUT2D eigenvalue weighted by Crippen LogP contribution is -2.04. The summed E-state index contributed by atoms with van der Waals surface area (Å²) in [6, 6.07) is 14.3. The van der Waals surface area contributed by atoms with Gasteiger partial charge >= 0.3 is 0 Å². The number of imidazole rings is 1. The quantitative estimate of drug-likeness (QED) is 0.617. The minimum absolute atomic E-state index is 0.537. The molecule has 0 unspecified atom stereocenters. The number of aryl methyl sites for hydroxylation is 2. The standard InChI is InChI=1S/C17H16Cl2N2/c1-2-12-6-3-4-8-14(12)21-15-9-5-7-13(19)17(15)20-16(21)10-11-18/h3-9H,2,10-11H2,1H3. The van der Waals surface area contributed by atoms with Gasteiger partial charge in [-0.25, -0.2) is 4.98 Å². The first-order valence-electron chi connectivity index (χ1n) is 7.06. The molecule has 0 aliphatic carbocycles. The summed E-state index contributed by atoms with van der Waals surface area (Å²) in [5.41, 5.74) is 4.31. The highest BCUT2D eigenvalue weighted by molar-refractivity contribution is 6.35. The van der Waals surface area contributed by atoms with Gasteiger partial charge in [0.2, 0.25) is 0 Å². The lowest BCUT2D eigenvalue weighted by atomic mass is 10.1. The van der Waals surface area contributed by atoms with Crippen LogP contribution in [-0.2, 0) is 12.8 Å². The maximum absolute atomic E-state index is 6.29. The second kappa shape index (κ2) is 6.08. The molecule has 0 spiro atoms. The Morgan fingerprint density at radius 1 is 1.10 bits per heavy atom. The van der Waals surface area contributed by atoms with Gasteiger partial charge in [-0.3, -0.25) is 4.57 Å². The topological polar surface area (TPSA) is 17.8 Å². The van der Waals surface area contributed by atoms with Gasteiger partial charge in [0.1, 0.15) is 11.3 Å². The molecule has 1 heterocycles. The molecule has 2 aromatic carbocycles. The molecule has 4 heteroatoms. The normalized spacial score (nSPS) is 11.2. The van der Waals surface area contributed by atoms with Gasteiger partial charge in [0.05, 0.1) is 16.2 Å². The first kappa shape index (κ1) is 14.4. The molecule has 2 nitrogen and oxygen atoms in total. The summed E-state index contributed by atoms with van der Waals surface area (Å²) in [4.78, 5) is 4.70. The first-order valence-corrected chi connectivity index (χ1v) is 7.97. The fourth-order valence-electron chi connectivity index (χ4n) is 2.66. The van der Waals surface area contributed by atoms with Crippen molar-refractivity contribution in [3.8, 4) is 5.69 Å². The molecule has 0 saturated carbocycles. The predicted octanol–water partition coefficient (Wildman–Crippen LogP) is 5.02. The van der Waals surface area contributed by atoms with Crippen molar-refractivity contribution in [2.75, 3.05) is 5.88 Å². The number of rotatable bonds is 4. The summed E-state index contributed by atoms with van der Waals surface area (Å²) < 4.78 is 2.18. The molecule has 108 valence electrons. The van der Waals surface area contributed by atoms with E-state index in [0.717, 1.165) is 29.0 Å². The second-order valence-corrected chi connectivity index (χ2v) is 5.68. The summed E-state index contributed by atoms with van der Waals surface area (Å²) in [5.74, 6) is 1.49. The molecule has 0 saturated heterocycles. The monoisotopic (exact) mass is 318 g/mol. The number of hydrogen-bond donors (Lipinski definition) is 0. The second-order valence-electron chi connectivity index (χ2n) is 4.89. The zero-order valence-corrected chi connectivity index (χ0v) is 13.3. The Kier molecular flexibility index (Phi) is 4.18. The highest BCUT2D eigenvalue weighted by atomic mass is 35.5. The van der Waals surface area contributed by atoms with E-state index in [2.05, 4.69) is 41.8 Å². The SMILES string of the molecule is CCc1ccccc1-n1c(CCCl)nc2c(Cl)cccc21. The number of hydrogen-bond acceptors (Lipinski definition) is 1. The number of alkyl halides is 1. The Balaban J connectivity index is 2.34. The van der Waals surface area contributed by atoms with E-state index in [1.807, 2.05) is 12.1 Å². The largest absolute Gasteiger partial charge is 0.296 e. The van der Waals surface area contributed by atoms with E-state index in [1.165, 1.54) is 5.56 Å². The van der Waals surface area contributed by atoms with Crippen LogP contribution < -0.4 is 0 Å². The van der Waals surface area contributed by atoms with Gasteiger partial charge in [0, 0.05) is 12.3 Å². The van der Waals surface area contributed by atoms with E-state index >= 15 is 0 Å². The average molecular weight is 319 g/mol. The summed E-state index contributed by atoms with van der Waals surface area (Å²) in [5, 5.41) is 0.677. The molecule has 0 N–H and O–H groups in total. The molecule has 1 aromatic heterocycles. The van der Waals surface area contributed by atoms with Crippen molar-refractivity contribution in [3.63, 3.8) is 0 Å².